The first kappa shape index (κ1) is 14.9. The van der Waals surface area contributed by atoms with Crippen molar-refractivity contribution in [2.45, 2.75) is 19.9 Å². The van der Waals surface area contributed by atoms with Crippen molar-refractivity contribution in [1.29, 1.82) is 0 Å². The van der Waals surface area contributed by atoms with Gasteiger partial charge in [-0.3, -0.25) is 9.78 Å². The van der Waals surface area contributed by atoms with Gasteiger partial charge in [0.1, 0.15) is 5.82 Å². The Bertz CT molecular complexity index is 726. The summed E-state index contributed by atoms with van der Waals surface area (Å²) in [5, 5.41) is 0.711. The fraction of sp³-hybridized carbons (Fsp3) is 0.412. The molecule has 0 bridgehead atoms. The van der Waals surface area contributed by atoms with Gasteiger partial charge in [0.2, 0.25) is 0 Å². The van der Waals surface area contributed by atoms with E-state index in [1.165, 1.54) is 12.1 Å². The summed E-state index contributed by atoms with van der Waals surface area (Å²) in [5.74, 6) is -0.334. The van der Waals surface area contributed by atoms with Crippen LogP contribution in [0.15, 0.2) is 24.3 Å². The molecule has 0 aliphatic carbocycles. The second-order valence-electron chi connectivity index (χ2n) is 6.08. The van der Waals surface area contributed by atoms with Crippen molar-refractivity contribution in [1.82, 2.24) is 14.8 Å². The van der Waals surface area contributed by atoms with E-state index in [2.05, 4.69) is 23.9 Å². The van der Waals surface area contributed by atoms with Crippen LogP contribution in [0.1, 0.15) is 23.0 Å². The fourth-order valence-corrected chi connectivity index (χ4v) is 3.11. The van der Waals surface area contributed by atoms with E-state index >= 15 is 0 Å². The Labute approximate surface area is 129 Å². The Morgan fingerprint density at radius 1 is 1.32 bits per heavy atom. The number of hydrogen-bond acceptors (Lipinski definition) is 3. The van der Waals surface area contributed by atoms with Crippen LogP contribution < -0.4 is 0 Å². The molecule has 0 saturated carbocycles. The third-order valence-electron chi connectivity index (χ3n) is 4.22. The zero-order valence-corrected chi connectivity index (χ0v) is 13.1. The summed E-state index contributed by atoms with van der Waals surface area (Å²) >= 11 is 0. The molecule has 0 spiro atoms. The number of benzene rings is 1. The van der Waals surface area contributed by atoms with Crippen molar-refractivity contribution >= 4 is 16.8 Å². The molecular formula is C17H20FN3O. The average Bonchev–Trinajstić information content (AvgIpc) is 2.45. The Morgan fingerprint density at radius 3 is 2.82 bits per heavy atom. The van der Waals surface area contributed by atoms with Crippen molar-refractivity contribution in [3.8, 4) is 0 Å². The first-order valence-corrected chi connectivity index (χ1v) is 7.52. The van der Waals surface area contributed by atoms with Crippen LogP contribution in [-0.2, 0) is 0 Å². The van der Waals surface area contributed by atoms with Gasteiger partial charge in [0.05, 0.1) is 11.1 Å². The summed E-state index contributed by atoms with van der Waals surface area (Å²) in [6, 6.07) is 6.37. The highest BCUT2D eigenvalue weighted by atomic mass is 19.1. The number of nitrogens with zero attached hydrogens (tertiary/aromatic N) is 3. The van der Waals surface area contributed by atoms with Gasteiger partial charge in [-0.05, 0) is 39.1 Å². The Morgan fingerprint density at radius 2 is 2.09 bits per heavy atom. The van der Waals surface area contributed by atoms with Crippen LogP contribution in [0.5, 0.6) is 0 Å². The topological polar surface area (TPSA) is 36.4 Å². The molecular weight excluding hydrogens is 281 g/mol. The minimum atomic E-state index is -0.336. The monoisotopic (exact) mass is 301 g/mol. The molecule has 3 rings (SSSR count). The molecule has 2 aromatic rings. The van der Waals surface area contributed by atoms with Gasteiger partial charge in [-0.2, -0.15) is 0 Å². The number of piperazine rings is 1. The lowest BCUT2D eigenvalue weighted by molar-refractivity contribution is 0.0535. The Kier molecular flexibility index (Phi) is 3.83. The number of aryl methyl sites for hydroxylation is 1. The summed E-state index contributed by atoms with van der Waals surface area (Å²) < 4.78 is 13.4. The minimum absolute atomic E-state index is 0.00251. The van der Waals surface area contributed by atoms with Crippen molar-refractivity contribution in [2.24, 2.45) is 0 Å². The lowest BCUT2D eigenvalue weighted by atomic mass is 10.0. The number of aromatic nitrogens is 1. The van der Waals surface area contributed by atoms with Gasteiger partial charge in [0, 0.05) is 42.8 Å². The molecule has 1 fully saturated rings. The molecule has 1 aliphatic rings. The van der Waals surface area contributed by atoms with Gasteiger partial charge in [0.25, 0.3) is 5.91 Å². The molecule has 1 aromatic heterocycles. The van der Waals surface area contributed by atoms with E-state index in [0.29, 0.717) is 23.0 Å². The number of pyridine rings is 1. The fourth-order valence-electron chi connectivity index (χ4n) is 3.11. The van der Waals surface area contributed by atoms with Crippen molar-refractivity contribution in [3.63, 3.8) is 0 Å². The molecule has 0 radical (unpaired) electrons. The van der Waals surface area contributed by atoms with Crippen LogP contribution >= 0.6 is 0 Å². The van der Waals surface area contributed by atoms with Gasteiger partial charge in [-0.1, -0.05) is 0 Å². The van der Waals surface area contributed by atoms with E-state index in [0.717, 1.165) is 18.8 Å². The summed E-state index contributed by atoms with van der Waals surface area (Å²) in [5.41, 5.74) is 1.87. The normalized spacial score (nSPS) is 19.6. The number of carbonyl (C=O) groups excluding carboxylic acids is 1. The third kappa shape index (κ3) is 2.68. The maximum atomic E-state index is 13.4. The summed E-state index contributed by atoms with van der Waals surface area (Å²) in [4.78, 5) is 21.4. The summed E-state index contributed by atoms with van der Waals surface area (Å²) in [6.07, 6.45) is 0. The van der Waals surface area contributed by atoms with E-state index < -0.39 is 0 Å². The van der Waals surface area contributed by atoms with E-state index in [-0.39, 0.29) is 17.8 Å². The smallest absolute Gasteiger partial charge is 0.254 e. The molecule has 22 heavy (non-hydrogen) atoms. The first-order chi connectivity index (χ1) is 10.5. The quantitative estimate of drug-likeness (QED) is 0.812. The SMILES string of the molecule is Cc1cc(C(=O)N2CCN(C)CC2C)c2ccc(F)cc2n1. The number of likely N-dealkylation sites (N-methyl/N-ethyl adjacent to an activating group) is 1. The highest BCUT2D eigenvalue weighted by Gasteiger charge is 2.27. The summed E-state index contributed by atoms with van der Waals surface area (Å²) in [6.45, 7) is 6.33. The third-order valence-corrected chi connectivity index (χ3v) is 4.22. The number of halogens is 1. The maximum absolute atomic E-state index is 13.4. The van der Waals surface area contributed by atoms with Crippen LogP contribution in [0.4, 0.5) is 4.39 Å². The summed E-state index contributed by atoms with van der Waals surface area (Å²) in [7, 11) is 2.06. The van der Waals surface area contributed by atoms with Crippen LogP contribution in [0.3, 0.4) is 0 Å². The standard InChI is InChI=1S/C17H20FN3O/c1-11-8-15(14-5-4-13(18)9-16(14)19-11)17(22)21-7-6-20(3)10-12(21)2/h4-5,8-9,12H,6-7,10H2,1-3H3. The van der Waals surface area contributed by atoms with Crippen LogP contribution in [0, 0.1) is 12.7 Å². The molecule has 1 aromatic carbocycles. The molecule has 2 heterocycles. The van der Waals surface area contributed by atoms with Gasteiger partial charge in [0.15, 0.2) is 0 Å². The van der Waals surface area contributed by atoms with Crippen molar-refractivity contribution in [3.05, 3.63) is 41.3 Å². The van der Waals surface area contributed by atoms with Crippen molar-refractivity contribution < 1.29 is 9.18 Å². The second-order valence-corrected chi connectivity index (χ2v) is 6.08. The molecule has 1 unspecified atom stereocenters. The van der Waals surface area contributed by atoms with Crippen LogP contribution in [-0.4, -0.2) is 53.4 Å². The van der Waals surface area contributed by atoms with Gasteiger partial charge < -0.3 is 9.80 Å². The lowest BCUT2D eigenvalue weighted by Gasteiger charge is -2.38. The molecule has 0 N–H and O–H groups in total. The van der Waals surface area contributed by atoms with Gasteiger partial charge in [-0.15, -0.1) is 0 Å². The second kappa shape index (κ2) is 5.65. The van der Waals surface area contributed by atoms with Gasteiger partial charge in [-0.25, -0.2) is 4.39 Å². The molecule has 1 saturated heterocycles. The zero-order valence-electron chi connectivity index (χ0n) is 13.1. The van der Waals surface area contributed by atoms with Crippen molar-refractivity contribution in [2.75, 3.05) is 26.7 Å². The number of hydrogen-bond donors (Lipinski definition) is 0. The van der Waals surface area contributed by atoms with Crippen LogP contribution in [0.25, 0.3) is 10.9 Å². The van der Waals surface area contributed by atoms with E-state index in [1.54, 1.807) is 12.1 Å². The predicted molar refractivity (Wildman–Crippen MR) is 84.4 cm³/mol. The maximum Gasteiger partial charge on any atom is 0.254 e. The Hall–Kier alpha value is -2.01. The average molecular weight is 301 g/mol. The van der Waals surface area contributed by atoms with E-state index in [4.69, 9.17) is 0 Å². The van der Waals surface area contributed by atoms with Crippen LogP contribution in [0.2, 0.25) is 0 Å². The largest absolute Gasteiger partial charge is 0.333 e. The minimum Gasteiger partial charge on any atom is -0.333 e. The predicted octanol–water partition coefficient (Wildman–Crippen LogP) is 2.46. The number of fused-ring (bicyclic) bond motifs is 1. The van der Waals surface area contributed by atoms with E-state index in [9.17, 15) is 9.18 Å². The van der Waals surface area contributed by atoms with Gasteiger partial charge >= 0.3 is 0 Å². The number of amides is 1. The molecule has 1 aliphatic heterocycles. The zero-order chi connectivity index (χ0) is 15.9. The highest BCUT2D eigenvalue weighted by Crippen LogP contribution is 2.22. The molecule has 5 heteroatoms. The molecule has 1 atom stereocenters. The molecule has 1 amide bonds. The lowest BCUT2D eigenvalue weighted by Crippen LogP contribution is -2.52. The Balaban J connectivity index is 2.04. The van der Waals surface area contributed by atoms with E-state index in [1.807, 2.05) is 11.8 Å². The molecule has 4 nitrogen and oxygen atoms in total. The number of carbonyl (C=O) groups is 1. The molecule has 116 valence electrons. The first-order valence-electron chi connectivity index (χ1n) is 7.52. The number of rotatable bonds is 1. The highest BCUT2D eigenvalue weighted by molar-refractivity contribution is 6.06.